The van der Waals surface area contributed by atoms with Gasteiger partial charge in [0.2, 0.25) is 0 Å². The Kier molecular flexibility index (Phi) is 6.30. The topological polar surface area (TPSA) is 34.1 Å². The Labute approximate surface area is 102 Å². The van der Waals surface area contributed by atoms with E-state index in [4.69, 9.17) is 4.74 Å². The Hall–Kier alpha value is -0.710. The predicted octanol–water partition coefficient (Wildman–Crippen LogP) is 2.39. The summed E-state index contributed by atoms with van der Waals surface area (Å²) in [6.45, 7) is 10.9. The summed E-state index contributed by atoms with van der Waals surface area (Å²) in [5, 5.41) is 6.62. The maximum absolute atomic E-state index is 5.38. The van der Waals surface area contributed by atoms with Crippen LogP contribution < -0.4 is 5.32 Å². The first-order valence-corrected chi connectivity index (χ1v) is 6.46. The number of aryl methyl sites for hydroxylation is 1. The maximum Gasteiger partial charge on any atom is 0.0926 e. The van der Waals surface area contributed by atoms with Crippen LogP contribution in [-0.2, 0) is 17.7 Å². The van der Waals surface area contributed by atoms with Gasteiger partial charge in [-0.1, -0.05) is 19.1 Å². The van der Waals surface area contributed by atoms with Crippen LogP contribution in [0.2, 0.25) is 0 Å². The van der Waals surface area contributed by atoms with E-state index in [1.165, 1.54) is 5.01 Å². The van der Waals surface area contributed by atoms with Gasteiger partial charge in [-0.05, 0) is 13.3 Å². The van der Waals surface area contributed by atoms with E-state index in [0.29, 0.717) is 6.61 Å². The van der Waals surface area contributed by atoms with Gasteiger partial charge in [0.25, 0.3) is 0 Å². The van der Waals surface area contributed by atoms with Crippen molar-refractivity contribution >= 4 is 11.3 Å². The summed E-state index contributed by atoms with van der Waals surface area (Å²) in [5.41, 5.74) is 2.19. The van der Waals surface area contributed by atoms with Gasteiger partial charge in [-0.3, -0.25) is 0 Å². The summed E-state index contributed by atoms with van der Waals surface area (Å²) in [4.78, 5) is 4.48. The SMILES string of the molecule is C=C(C)COCCNCc1csc(CC)n1. The van der Waals surface area contributed by atoms with E-state index in [9.17, 15) is 0 Å². The van der Waals surface area contributed by atoms with E-state index >= 15 is 0 Å². The molecule has 0 spiro atoms. The zero-order chi connectivity index (χ0) is 11.8. The van der Waals surface area contributed by atoms with E-state index < -0.39 is 0 Å². The Bertz CT molecular complexity index is 323. The lowest BCUT2D eigenvalue weighted by Gasteiger charge is -2.04. The van der Waals surface area contributed by atoms with E-state index in [1.807, 2.05) is 6.92 Å². The summed E-state index contributed by atoms with van der Waals surface area (Å²) in [7, 11) is 0. The normalized spacial score (nSPS) is 10.6. The molecule has 0 unspecified atom stereocenters. The fourth-order valence-corrected chi connectivity index (χ4v) is 1.94. The molecule has 1 aromatic rings. The Morgan fingerprint density at radius 1 is 1.62 bits per heavy atom. The van der Waals surface area contributed by atoms with Crippen molar-refractivity contribution in [3.8, 4) is 0 Å². The second-order valence-corrected chi connectivity index (χ2v) is 4.72. The predicted molar refractivity (Wildman–Crippen MR) is 68.8 cm³/mol. The molecule has 0 aliphatic rings. The minimum absolute atomic E-state index is 0.651. The molecule has 1 aromatic heterocycles. The second kappa shape index (κ2) is 7.54. The van der Waals surface area contributed by atoms with Crippen LogP contribution in [0.1, 0.15) is 24.5 Å². The molecule has 90 valence electrons. The fraction of sp³-hybridized carbons (Fsp3) is 0.583. The summed E-state index contributed by atoms with van der Waals surface area (Å²) in [6, 6.07) is 0. The van der Waals surface area contributed by atoms with Crippen molar-refractivity contribution in [1.82, 2.24) is 10.3 Å². The van der Waals surface area contributed by atoms with Crippen LogP contribution in [0.3, 0.4) is 0 Å². The number of ether oxygens (including phenoxy) is 1. The van der Waals surface area contributed by atoms with Crippen molar-refractivity contribution in [3.63, 3.8) is 0 Å². The van der Waals surface area contributed by atoms with Crippen LogP contribution in [0, 0.1) is 0 Å². The van der Waals surface area contributed by atoms with Gasteiger partial charge >= 0.3 is 0 Å². The summed E-state index contributed by atoms with van der Waals surface area (Å²) in [6.07, 6.45) is 1.02. The number of hydrogen-bond donors (Lipinski definition) is 1. The molecule has 0 saturated heterocycles. The lowest BCUT2D eigenvalue weighted by molar-refractivity contribution is 0.157. The maximum atomic E-state index is 5.38. The molecule has 1 rings (SSSR count). The molecule has 0 aliphatic carbocycles. The first-order valence-electron chi connectivity index (χ1n) is 5.58. The number of rotatable bonds is 8. The van der Waals surface area contributed by atoms with Gasteiger partial charge in [-0.15, -0.1) is 11.3 Å². The van der Waals surface area contributed by atoms with Crippen molar-refractivity contribution in [2.75, 3.05) is 19.8 Å². The van der Waals surface area contributed by atoms with Crippen molar-refractivity contribution in [2.45, 2.75) is 26.8 Å². The molecule has 0 aromatic carbocycles. The molecule has 16 heavy (non-hydrogen) atoms. The number of nitrogens with one attached hydrogen (secondary N) is 1. The molecule has 0 saturated carbocycles. The van der Waals surface area contributed by atoms with Crippen molar-refractivity contribution < 1.29 is 4.74 Å². The van der Waals surface area contributed by atoms with Crippen molar-refractivity contribution in [3.05, 3.63) is 28.2 Å². The quantitative estimate of drug-likeness (QED) is 0.559. The smallest absolute Gasteiger partial charge is 0.0926 e. The average Bonchev–Trinajstić information content (AvgIpc) is 2.70. The zero-order valence-electron chi connectivity index (χ0n) is 10.1. The van der Waals surface area contributed by atoms with Gasteiger partial charge in [0.05, 0.1) is 23.9 Å². The molecule has 4 heteroatoms. The van der Waals surface area contributed by atoms with E-state index in [1.54, 1.807) is 11.3 Å². The Morgan fingerprint density at radius 2 is 2.44 bits per heavy atom. The monoisotopic (exact) mass is 240 g/mol. The van der Waals surface area contributed by atoms with Crippen molar-refractivity contribution in [2.24, 2.45) is 0 Å². The molecule has 0 aliphatic heterocycles. The summed E-state index contributed by atoms with van der Waals surface area (Å²) >= 11 is 1.73. The van der Waals surface area contributed by atoms with Crippen LogP contribution in [0.4, 0.5) is 0 Å². The lowest BCUT2D eigenvalue weighted by Crippen LogP contribution is -2.19. The van der Waals surface area contributed by atoms with E-state index in [-0.39, 0.29) is 0 Å². The van der Waals surface area contributed by atoms with Crippen LogP contribution in [0.25, 0.3) is 0 Å². The minimum atomic E-state index is 0.651. The van der Waals surface area contributed by atoms with Gasteiger partial charge in [-0.2, -0.15) is 0 Å². The van der Waals surface area contributed by atoms with Gasteiger partial charge in [0.1, 0.15) is 0 Å². The zero-order valence-corrected chi connectivity index (χ0v) is 10.9. The summed E-state index contributed by atoms with van der Waals surface area (Å²) < 4.78 is 5.38. The molecular weight excluding hydrogens is 220 g/mol. The van der Waals surface area contributed by atoms with Crippen LogP contribution in [-0.4, -0.2) is 24.7 Å². The number of aromatic nitrogens is 1. The Morgan fingerprint density at radius 3 is 3.06 bits per heavy atom. The number of thiazole rings is 1. The molecule has 3 nitrogen and oxygen atoms in total. The molecule has 0 bridgehead atoms. The molecular formula is C12H20N2OS. The van der Waals surface area contributed by atoms with Crippen LogP contribution in [0.15, 0.2) is 17.5 Å². The van der Waals surface area contributed by atoms with Crippen LogP contribution >= 0.6 is 11.3 Å². The number of nitrogens with zero attached hydrogens (tertiary/aromatic N) is 1. The lowest BCUT2D eigenvalue weighted by atomic mass is 10.4. The molecule has 1 N–H and O–H groups in total. The highest BCUT2D eigenvalue weighted by Crippen LogP contribution is 2.09. The standard InChI is InChI=1S/C12H20N2OS/c1-4-12-14-11(9-16-12)7-13-5-6-15-8-10(2)3/h9,13H,2,4-8H2,1,3H3. The van der Waals surface area contributed by atoms with Gasteiger partial charge < -0.3 is 10.1 Å². The van der Waals surface area contributed by atoms with Gasteiger partial charge in [0, 0.05) is 18.5 Å². The minimum Gasteiger partial charge on any atom is -0.376 e. The number of hydrogen-bond acceptors (Lipinski definition) is 4. The highest BCUT2D eigenvalue weighted by molar-refractivity contribution is 7.09. The molecule has 0 fully saturated rings. The van der Waals surface area contributed by atoms with Crippen LogP contribution in [0.5, 0.6) is 0 Å². The van der Waals surface area contributed by atoms with Crippen molar-refractivity contribution in [1.29, 1.82) is 0 Å². The molecule has 0 radical (unpaired) electrons. The molecule has 0 amide bonds. The third-order valence-electron chi connectivity index (χ3n) is 1.98. The highest BCUT2D eigenvalue weighted by atomic mass is 32.1. The third kappa shape index (κ3) is 5.39. The van der Waals surface area contributed by atoms with Gasteiger partial charge in [0.15, 0.2) is 0 Å². The largest absolute Gasteiger partial charge is 0.376 e. The Balaban J connectivity index is 2.04. The molecule has 0 atom stereocenters. The fourth-order valence-electron chi connectivity index (χ4n) is 1.20. The molecule has 1 heterocycles. The van der Waals surface area contributed by atoms with E-state index in [0.717, 1.165) is 37.4 Å². The van der Waals surface area contributed by atoms with E-state index in [2.05, 4.69) is 29.2 Å². The first kappa shape index (κ1) is 13.4. The third-order valence-corrected chi connectivity index (χ3v) is 3.02. The average molecular weight is 240 g/mol. The second-order valence-electron chi connectivity index (χ2n) is 3.77. The highest BCUT2D eigenvalue weighted by Gasteiger charge is 1.99. The summed E-state index contributed by atoms with van der Waals surface area (Å²) in [5.74, 6) is 0. The first-order chi connectivity index (χ1) is 7.72. The van der Waals surface area contributed by atoms with Gasteiger partial charge in [-0.25, -0.2) is 4.98 Å².